The molecule has 2 atom stereocenters. The summed E-state index contributed by atoms with van der Waals surface area (Å²) in [6, 6.07) is 0. The van der Waals surface area contributed by atoms with Gasteiger partial charge in [0.25, 0.3) is 0 Å². The normalized spacial score (nSPS) is 29.5. The molecular weight excluding hydrogens is 200 g/mol. The number of hydrogen-bond acceptors (Lipinski definition) is 3. The van der Waals surface area contributed by atoms with Gasteiger partial charge in [-0.2, -0.15) is 0 Å². The molecule has 0 spiro atoms. The highest BCUT2D eigenvalue weighted by Gasteiger charge is 2.26. The second-order valence-electron chi connectivity index (χ2n) is 3.84. The van der Waals surface area contributed by atoms with Gasteiger partial charge < -0.3 is 4.74 Å². The van der Waals surface area contributed by atoms with Crippen LogP contribution in [0.3, 0.4) is 0 Å². The molecule has 1 aliphatic rings. The first-order valence-corrected chi connectivity index (χ1v) is 7.62. The van der Waals surface area contributed by atoms with E-state index in [2.05, 4.69) is 20.8 Å². The van der Waals surface area contributed by atoms with Gasteiger partial charge in [-0.15, -0.1) is 0 Å². The molecule has 1 saturated heterocycles. The van der Waals surface area contributed by atoms with Crippen LogP contribution in [0.1, 0.15) is 33.6 Å². The van der Waals surface area contributed by atoms with Gasteiger partial charge in [-0.1, -0.05) is 34.9 Å². The maximum Gasteiger partial charge on any atom is 0.0713 e. The number of ether oxygens (including phenoxy) is 1. The van der Waals surface area contributed by atoms with E-state index in [0.29, 0.717) is 12.2 Å². The molecule has 0 aromatic heterocycles. The van der Waals surface area contributed by atoms with Gasteiger partial charge in [0.05, 0.1) is 12.2 Å². The maximum absolute atomic E-state index is 5.92. The molecule has 0 N–H and O–H groups in total. The van der Waals surface area contributed by atoms with E-state index < -0.39 is 0 Å². The second kappa shape index (κ2) is 6.20. The molecule has 2 unspecified atom stereocenters. The van der Waals surface area contributed by atoms with Crippen LogP contribution in [-0.4, -0.2) is 23.7 Å². The van der Waals surface area contributed by atoms with E-state index in [-0.39, 0.29) is 0 Å². The molecule has 1 heterocycles. The van der Waals surface area contributed by atoms with Crippen molar-refractivity contribution in [2.24, 2.45) is 5.92 Å². The van der Waals surface area contributed by atoms with E-state index in [9.17, 15) is 0 Å². The molecule has 13 heavy (non-hydrogen) atoms. The highest BCUT2D eigenvalue weighted by molar-refractivity contribution is 8.76. The molecular formula is C10H20OS2. The third kappa shape index (κ3) is 4.13. The van der Waals surface area contributed by atoms with E-state index in [4.69, 9.17) is 4.74 Å². The molecule has 0 radical (unpaired) electrons. The second-order valence-corrected chi connectivity index (χ2v) is 6.39. The summed E-state index contributed by atoms with van der Waals surface area (Å²) in [5, 5.41) is 0. The average Bonchev–Trinajstić information content (AvgIpc) is 2.08. The third-order valence-corrected chi connectivity index (χ3v) is 4.74. The van der Waals surface area contributed by atoms with Gasteiger partial charge in [0.2, 0.25) is 0 Å². The monoisotopic (exact) mass is 220 g/mol. The fraction of sp³-hybridized carbons (Fsp3) is 1.00. The summed E-state index contributed by atoms with van der Waals surface area (Å²) >= 11 is 0. The quantitative estimate of drug-likeness (QED) is 0.670. The summed E-state index contributed by atoms with van der Waals surface area (Å²) < 4.78 is 5.92. The van der Waals surface area contributed by atoms with E-state index >= 15 is 0 Å². The van der Waals surface area contributed by atoms with Crippen LogP contribution in [-0.2, 0) is 4.74 Å². The molecule has 78 valence electrons. The zero-order valence-corrected chi connectivity index (χ0v) is 10.4. The van der Waals surface area contributed by atoms with Gasteiger partial charge >= 0.3 is 0 Å². The molecule has 0 aromatic carbocycles. The van der Waals surface area contributed by atoms with Crippen LogP contribution in [0.2, 0.25) is 0 Å². The van der Waals surface area contributed by atoms with Crippen LogP contribution in [0.4, 0.5) is 0 Å². The first-order valence-electron chi connectivity index (χ1n) is 5.14. The molecule has 0 amide bonds. The molecule has 0 bridgehead atoms. The lowest BCUT2D eigenvalue weighted by molar-refractivity contribution is -0.00894. The predicted octanol–water partition coefficient (Wildman–Crippen LogP) is 3.59. The van der Waals surface area contributed by atoms with Crippen LogP contribution in [0.15, 0.2) is 0 Å². The summed E-state index contributed by atoms with van der Waals surface area (Å²) in [6.45, 7) is 6.53. The zero-order chi connectivity index (χ0) is 9.68. The lowest BCUT2D eigenvalue weighted by Gasteiger charge is -2.31. The van der Waals surface area contributed by atoms with E-state index in [0.717, 1.165) is 5.92 Å². The molecule has 1 fully saturated rings. The van der Waals surface area contributed by atoms with E-state index in [1.165, 1.54) is 24.3 Å². The number of hydrogen-bond donors (Lipinski definition) is 0. The van der Waals surface area contributed by atoms with Gasteiger partial charge in [-0.25, -0.2) is 0 Å². The Morgan fingerprint density at radius 2 is 2.00 bits per heavy atom. The van der Waals surface area contributed by atoms with E-state index in [1.54, 1.807) is 0 Å². The van der Waals surface area contributed by atoms with Gasteiger partial charge in [-0.05, 0) is 26.2 Å². The SMILES string of the molecule is CCCC1CSSCC1OC(C)C. The van der Waals surface area contributed by atoms with Crippen LogP contribution < -0.4 is 0 Å². The summed E-state index contributed by atoms with van der Waals surface area (Å²) in [5.41, 5.74) is 0. The van der Waals surface area contributed by atoms with Crippen molar-refractivity contribution in [3.8, 4) is 0 Å². The molecule has 0 aromatic rings. The standard InChI is InChI=1S/C10H20OS2/c1-4-5-9-6-12-13-7-10(9)11-8(2)3/h8-10H,4-7H2,1-3H3. The van der Waals surface area contributed by atoms with Crippen molar-refractivity contribution in [1.82, 2.24) is 0 Å². The fourth-order valence-corrected chi connectivity index (χ4v) is 4.37. The average molecular weight is 220 g/mol. The van der Waals surface area contributed by atoms with Gasteiger partial charge in [0, 0.05) is 11.5 Å². The Morgan fingerprint density at radius 1 is 1.31 bits per heavy atom. The number of rotatable bonds is 4. The Kier molecular flexibility index (Phi) is 5.60. The minimum Gasteiger partial charge on any atom is -0.374 e. The van der Waals surface area contributed by atoms with Crippen LogP contribution in [0, 0.1) is 5.92 Å². The van der Waals surface area contributed by atoms with Crippen molar-refractivity contribution < 1.29 is 4.74 Å². The van der Waals surface area contributed by atoms with Crippen molar-refractivity contribution in [1.29, 1.82) is 0 Å². The van der Waals surface area contributed by atoms with Crippen molar-refractivity contribution in [2.75, 3.05) is 11.5 Å². The maximum atomic E-state index is 5.92. The predicted molar refractivity (Wildman–Crippen MR) is 63.3 cm³/mol. The molecule has 1 nitrogen and oxygen atoms in total. The minimum atomic E-state index is 0.382. The molecule has 3 heteroatoms. The smallest absolute Gasteiger partial charge is 0.0713 e. The Balaban J connectivity index is 2.36. The van der Waals surface area contributed by atoms with Crippen molar-refractivity contribution in [3.05, 3.63) is 0 Å². The lowest BCUT2D eigenvalue weighted by Crippen LogP contribution is -2.32. The minimum absolute atomic E-state index is 0.382. The van der Waals surface area contributed by atoms with E-state index in [1.807, 2.05) is 21.6 Å². The summed E-state index contributed by atoms with van der Waals surface area (Å²) in [6.07, 6.45) is 3.50. The fourth-order valence-electron chi connectivity index (χ4n) is 1.63. The van der Waals surface area contributed by atoms with Gasteiger partial charge in [-0.3, -0.25) is 0 Å². The third-order valence-electron chi connectivity index (χ3n) is 2.23. The molecule has 0 saturated carbocycles. The Bertz CT molecular complexity index is 137. The van der Waals surface area contributed by atoms with Crippen LogP contribution in [0.25, 0.3) is 0 Å². The summed E-state index contributed by atoms with van der Waals surface area (Å²) in [4.78, 5) is 0. The largest absolute Gasteiger partial charge is 0.374 e. The zero-order valence-electron chi connectivity index (χ0n) is 8.79. The van der Waals surface area contributed by atoms with Crippen molar-refractivity contribution in [2.45, 2.75) is 45.8 Å². The van der Waals surface area contributed by atoms with Crippen LogP contribution in [0.5, 0.6) is 0 Å². The van der Waals surface area contributed by atoms with Crippen molar-refractivity contribution in [3.63, 3.8) is 0 Å². The van der Waals surface area contributed by atoms with Gasteiger partial charge in [0.1, 0.15) is 0 Å². The summed E-state index contributed by atoms with van der Waals surface area (Å²) in [5.74, 6) is 3.24. The van der Waals surface area contributed by atoms with Crippen LogP contribution >= 0.6 is 21.6 Å². The lowest BCUT2D eigenvalue weighted by atomic mass is 10.00. The van der Waals surface area contributed by atoms with Gasteiger partial charge in [0.15, 0.2) is 0 Å². The Labute approximate surface area is 89.8 Å². The topological polar surface area (TPSA) is 9.23 Å². The first-order chi connectivity index (χ1) is 6.24. The molecule has 1 aliphatic heterocycles. The van der Waals surface area contributed by atoms with Crippen molar-refractivity contribution >= 4 is 21.6 Å². The Morgan fingerprint density at radius 3 is 2.62 bits per heavy atom. The Hall–Kier alpha value is 0.660. The first kappa shape index (κ1) is 11.7. The highest BCUT2D eigenvalue weighted by atomic mass is 33.1. The highest BCUT2D eigenvalue weighted by Crippen LogP contribution is 2.36. The molecule has 0 aliphatic carbocycles. The summed E-state index contributed by atoms with van der Waals surface area (Å²) in [7, 11) is 3.98. The molecule has 1 rings (SSSR count).